The molecule has 0 amide bonds. The third kappa shape index (κ3) is 7.78. The monoisotopic (exact) mass is 263 g/mol. The highest BCUT2D eigenvalue weighted by Crippen LogP contribution is 1.95. The van der Waals surface area contributed by atoms with Crippen LogP contribution in [-0.2, 0) is 0 Å². The number of nitrogens with zero attached hydrogens (tertiary/aromatic N) is 1. The second kappa shape index (κ2) is 7.98. The Bertz CT molecular complexity index is 168. The van der Waals surface area contributed by atoms with Crippen LogP contribution in [0.3, 0.4) is 0 Å². The van der Waals surface area contributed by atoms with Gasteiger partial charge in [-0.15, -0.1) is 0 Å². The summed E-state index contributed by atoms with van der Waals surface area (Å²) in [6.07, 6.45) is 7.06. The lowest BCUT2D eigenvalue weighted by Gasteiger charge is -1.85. The molecule has 0 atom stereocenters. The Morgan fingerprint density at radius 2 is 2.27 bits per heavy atom. The molecule has 0 aliphatic rings. The lowest BCUT2D eigenvalue weighted by molar-refractivity contribution is 0.937. The summed E-state index contributed by atoms with van der Waals surface area (Å²) in [4.78, 5) is 4.17. The maximum absolute atomic E-state index is 4.17. The van der Waals surface area contributed by atoms with Crippen LogP contribution >= 0.6 is 22.6 Å². The van der Waals surface area contributed by atoms with Gasteiger partial charge in [0, 0.05) is 12.8 Å². The van der Waals surface area contributed by atoms with E-state index in [0.29, 0.717) is 0 Å². The first-order valence-electron chi connectivity index (χ1n) is 3.74. The molecule has 0 aromatic rings. The van der Waals surface area contributed by atoms with Crippen molar-refractivity contribution in [3.8, 4) is 0 Å². The molecule has 0 aliphatic heterocycles. The second-order valence-electron chi connectivity index (χ2n) is 2.26. The van der Waals surface area contributed by atoms with Gasteiger partial charge in [-0.3, -0.25) is 4.99 Å². The number of aliphatic imine (C=N–C) groups is 1. The Morgan fingerprint density at radius 3 is 2.82 bits per heavy atom. The highest BCUT2D eigenvalue weighted by atomic mass is 127. The van der Waals surface area contributed by atoms with Crippen molar-refractivity contribution in [2.75, 3.05) is 6.54 Å². The van der Waals surface area contributed by atoms with Crippen molar-refractivity contribution in [3.05, 3.63) is 21.8 Å². The molecule has 0 rings (SSSR count). The van der Waals surface area contributed by atoms with Crippen molar-refractivity contribution in [2.45, 2.75) is 20.3 Å². The van der Waals surface area contributed by atoms with E-state index in [-0.39, 0.29) is 0 Å². The van der Waals surface area contributed by atoms with Crippen LogP contribution in [0.25, 0.3) is 0 Å². The summed E-state index contributed by atoms with van der Waals surface area (Å²) in [5, 5.41) is 0. The van der Waals surface area contributed by atoms with Gasteiger partial charge in [0.25, 0.3) is 0 Å². The normalized spacial score (nSPS) is 13.5. The largest absolute Gasteiger partial charge is 0.293 e. The average Bonchev–Trinajstić information content (AvgIpc) is 1.99. The predicted molar refractivity (Wildman–Crippen MR) is 60.6 cm³/mol. The van der Waals surface area contributed by atoms with E-state index >= 15 is 0 Å². The Labute approximate surface area is 82.4 Å². The molecule has 0 N–H and O–H groups in total. The summed E-state index contributed by atoms with van der Waals surface area (Å²) in [7, 11) is 0. The molecule has 1 nitrogen and oxygen atoms in total. The minimum absolute atomic E-state index is 0.928. The fraction of sp³-hybridized carbons (Fsp3) is 0.444. The van der Waals surface area contributed by atoms with E-state index in [1.165, 1.54) is 5.57 Å². The van der Waals surface area contributed by atoms with E-state index in [1.807, 2.05) is 16.4 Å². The topological polar surface area (TPSA) is 12.4 Å². The Balaban J connectivity index is 3.71. The van der Waals surface area contributed by atoms with Gasteiger partial charge >= 0.3 is 0 Å². The van der Waals surface area contributed by atoms with Crippen LogP contribution in [-0.4, -0.2) is 12.8 Å². The van der Waals surface area contributed by atoms with Crippen LogP contribution in [0.2, 0.25) is 0 Å². The molecule has 0 saturated carbocycles. The molecule has 0 aromatic carbocycles. The smallest absolute Gasteiger partial charge is 0.0386 e. The number of allylic oxidation sites excluding steroid dienone is 3. The Kier molecular flexibility index (Phi) is 7.89. The van der Waals surface area contributed by atoms with E-state index < -0.39 is 0 Å². The molecule has 2 heteroatoms. The molecule has 0 saturated heterocycles. The van der Waals surface area contributed by atoms with Crippen LogP contribution in [0.1, 0.15) is 20.3 Å². The van der Waals surface area contributed by atoms with Crippen LogP contribution in [0.5, 0.6) is 0 Å². The van der Waals surface area contributed by atoms with Crippen molar-refractivity contribution in [2.24, 2.45) is 4.99 Å². The minimum atomic E-state index is 0.928. The molecule has 0 aromatic heterocycles. The third-order valence-electron chi connectivity index (χ3n) is 1.12. The standard InChI is InChI=1S/C9H14IN/c1-3-7-11-8-5-9(2)4-6-10/h4-6,8H,3,7H2,1-2H3/b6-4-,9-5-,11-8+. The number of rotatable bonds is 4. The molecule has 0 aliphatic carbocycles. The summed E-state index contributed by atoms with van der Waals surface area (Å²) in [5.41, 5.74) is 1.24. The fourth-order valence-electron chi connectivity index (χ4n) is 0.529. The molecule has 0 spiro atoms. The van der Waals surface area contributed by atoms with Crippen LogP contribution in [0.15, 0.2) is 26.8 Å². The highest BCUT2D eigenvalue weighted by Gasteiger charge is 1.76. The number of hydrogen-bond acceptors (Lipinski definition) is 1. The maximum Gasteiger partial charge on any atom is 0.0386 e. The summed E-state index contributed by atoms with van der Waals surface area (Å²) < 4.78 is 2.00. The summed E-state index contributed by atoms with van der Waals surface area (Å²) in [5.74, 6) is 0. The zero-order valence-electron chi connectivity index (χ0n) is 7.05. The summed E-state index contributed by atoms with van der Waals surface area (Å²) in [6, 6.07) is 0. The van der Waals surface area contributed by atoms with Gasteiger partial charge in [-0.1, -0.05) is 35.6 Å². The molecule has 11 heavy (non-hydrogen) atoms. The first-order valence-corrected chi connectivity index (χ1v) is 4.99. The lowest BCUT2D eigenvalue weighted by atomic mass is 10.3. The van der Waals surface area contributed by atoms with Gasteiger partial charge in [0.2, 0.25) is 0 Å². The van der Waals surface area contributed by atoms with Gasteiger partial charge in [0.15, 0.2) is 0 Å². The predicted octanol–water partition coefficient (Wildman–Crippen LogP) is 3.36. The van der Waals surface area contributed by atoms with Crippen LogP contribution < -0.4 is 0 Å². The van der Waals surface area contributed by atoms with Gasteiger partial charge < -0.3 is 0 Å². The van der Waals surface area contributed by atoms with Crippen molar-refractivity contribution in [1.82, 2.24) is 0 Å². The maximum atomic E-state index is 4.17. The molecule has 0 unspecified atom stereocenters. The SMILES string of the molecule is CCC/N=C/C=C(C)\C=C/I. The highest BCUT2D eigenvalue weighted by molar-refractivity contribution is 14.1. The quantitative estimate of drug-likeness (QED) is 0.419. The fourth-order valence-corrected chi connectivity index (χ4v) is 1.10. The van der Waals surface area contributed by atoms with Crippen molar-refractivity contribution in [1.29, 1.82) is 0 Å². The molecular formula is C9H14IN. The first kappa shape index (κ1) is 10.9. The Morgan fingerprint density at radius 1 is 1.55 bits per heavy atom. The van der Waals surface area contributed by atoms with Crippen molar-refractivity contribution in [3.63, 3.8) is 0 Å². The van der Waals surface area contributed by atoms with E-state index in [4.69, 9.17) is 0 Å². The number of hydrogen-bond donors (Lipinski definition) is 0. The summed E-state index contributed by atoms with van der Waals surface area (Å²) in [6.45, 7) is 5.11. The minimum Gasteiger partial charge on any atom is -0.293 e. The summed E-state index contributed by atoms with van der Waals surface area (Å²) >= 11 is 2.21. The Hall–Kier alpha value is -0.120. The van der Waals surface area contributed by atoms with Crippen molar-refractivity contribution < 1.29 is 0 Å². The van der Waals surface area contributed by atoms with Gasteiger partial charge in [-0.2, -0.15) is 0 Å². The van der Waals surface area contributed by atoms with Gasteiger partial charge in [-0.25, -0.2) is 0 Å². The zero-order chi connectivity index (χ0) is 8.53. The first-order chi connectivity index (χ1) is 5.31. The van der Waals surface area contributed by atoms with E-state index in [0.717, 1.165) is 13.0 Å². The van der Waals surface area contributed by atoms with Gasteiger partial charge in [0.1, 0.15) is 0 Å². The zero-order valence-corrected chi connectivity index (χ0v) is 9.21. The lowest BCUT2D eigenvalue weighted by Crippen LogP contribution is -1.76. The average molecular weight is 263 g/mol. The van der Waals surface area contributed by atoms with Crippen molar-refractivity contribution >= 4 is 28.8 Å². The van der Waals surface area contributed by atoms with Gasteiger partial charge in [-0.05, 0) is 29.1 Å². The van der Waals surface area contributed by atoms with Crippen LogP contribution in [0, 0.1) is 0 Å². The molecule has 62 valence electrons. The molecular weight excluding hydrogens is 249 g/mol. The molecule has 0 heterocycles. The van der Waals surface area contributed by atoms with E-state index in [2.05, 4.69) is 47.5 Å². The third-order valence-corrected chi connectivity index (χ3v) is 1.48. The molecule has 0 fully saturated rings. The van der Waals surface area contributed by atoms with Gasteiger partial charge in [0.05, 0.1) is 0 Å². The second-order valence-corrected chi connectivity index (χ2v) is 2.98. The van der Waals surface area contributed by atoms with Crippen LogP contribution in [0.4, 0.5) is 0 Å². The molecule has 0 bridgehead atoms. The van der Waals surface area contributed by atoms with E-state index in [1.54, 1.807) is 0 Å². The molecule has 0 radical (unpaired) electrons. The van der Waals surface area contributed by atoms with E-state index in [9.17, 15) is 0 Å². The number of halogens is 1.